The Morgan fingerprint density at radius 2 is 1.20 bits per heavy atom. The minimum Gasteiger partial charge on any atom is -0.376 e. The van der Waals surface area contributed by atoms with Crippen molar-refractivity contribution in [1.82, 2.24) is 0 Å². The van der Waals surface area contributed by atoms with Gasteiger partial charge < -0.3 is 11.1 Å². The number of nitrogens with two attached hydrogens (primary N) is 1. The molecule has 2 nitrogen and oxygen atoms in total. The number of hydrogen-bond donors (Lipinski definition) is 2. The first-order chi connectivity index (χ1) is 12.1. The van der Waals surface area contributed by atoms with Crippen LogP contribution in [-0.4, -0.2) is 0 Å². The molecule has 0 radical (unpaired) electrons. The molecule has 2 atom stereocenters. The quantitative estimate of drug-likeness (QED) is 0.651. The van der Waals surface area contributed by atoms with Gasteiger partial charge in [-0.2, -0.15) is 0 Å². The third kappa shape index (κ3) is 3.92. The van der Waals surface area contributed by atoms with E-state index in [2.05, 4.69) is 74.6 Å². The first-order valence-electron chi connectivity index (χ1n) is 8.76. The maximum atomic E-state index is 6.69. The summed E-state index contributed by atoms with van der Waals surface area (Å²) in [4.78, 5) is 0. The van der Waals surface area contributed by atoms with Gasteiger partial charge in [0.2, 0.25) is 0 Å². The third-order valence-corrected chi connectivity index (χ3v) is 4.68. The van der Waals surface area contributed by atoms with E-state index in [9.17, 15) is 0 Å². The number of rotatable bonds is 5. The molecule has 0 unspecified atom stereocenters. The number of nitrogens with one attached hydrogen (secondary N) is 1. The molecule has 25 heavy (non-hydrogen) atoms. The molecule has 0 heterocycles. The second-order valence-corrected chi connectivity index (χ2v) is 6.74. The van der Waals surface area contributed by atoms with E-state index in [1.807, 2.05) is 24.3 Å². The number of aryl methyl sites for hydroxylation is 3. The normalized spacial score (nSPS) is 13.3. The van der Waals surface area contributed by atoms with Gasteiger partial charge in [0.05, 0.1) is 12.1 Å². The fourth-order valence-electron chi connectivity index (χ4n) is 3.47. The molecule has 0 fully saturated rings. The average molecular weight is 330 g/mol. The Morgan fingerprint density at radius 3 is 1.72 bits per heavy atom. The average Bonchev–Trinajstić information content (AvgIpc) is 2.62. The Bertz CT molecular complexity index is 802. The van der Waals surface area contributed by atoms with E-state index < -0.39 is 0 Å². The first kappa shape index (κ1) is 17.2. The maximum Gasteiger partial charge on any atom is 0.0706 e. The van der Waals surface area contributed by atoms with Gasteiger partial charge in [-0.05, 0) is 43.0 Å². The van der Waals surface area contributed by atoms with Crippen LogP contribution in [-0.2, 0) is 0 Å². The summed E-state index contributed by atoms with van der Waals surface area (Å²) < 4.78 is 0. The molecule has 3 aromatic rings. The van der Waals surface area contributed by atoms with Gasteiger partial charge >= 0.3 is 0 Å². The molecule has 0 aliphatic heterocycles. The van der Waals surface area contributed by atoms with E-state index in [4.69, 9.17) is 5.73 Å². The van der Waals surface area contributed by atoms with Crippen LogP contribution < -0.4 is 11.1 Å². The fourth-order valence-corrected chi connectivity index (χ4v) is 3.47. The predicted octanol–water partition coefficient (Wildman–Crippen LogP) is 5.47. The first-order valence-corrected chi connectivity index (χ1v) is 8.76. The predicted molar refractivity (Wildman–Crippen MR) is 107 cm³/mol. The van der Waals surface area contributed by atoms with Crippen molar-refractivity contribution in [1.29, 1.82) is 0 Å². The van der Waals surface area contributed by atoms with Crippen LogP contribution in [0.1, 0.15) is 39.9 Å². The summed E-state index contributed by atoms with van der Waals surface area (Å²) in [5, 5.41) is 3.73. The van der Waals surface area contributed by atoms with Gasteiger partial charge in [-0.3, -0.25) is 0 Å². The summed E-state index contributed by atoms with van der Waals surface area (Å²) in [7, 11) is 0. The maximum absolute atomic E-state index is 6.69. The molecule has 0 aliphatic rings. The van der Waals surface area contributed by atoms with Gasteiger partial charge in [-0.15, -0.1) is 0 Å². The highest BCUT2D eigenvalue weighted by Gasteiger charge is 2.22. The molecule has 0 aromatic heterocycles. The van der Waals surface area contributed by atoms with Crippen molar-refractivity contribution < 1.29 is 0 Å². The molecule has 0 spiro atoms. The lowest BCUT2D eigenvalue weighted by Gasteiger charge is -2.29. The van der Waals surface area contributed by atoms with Crippen molar-refractivity contribution in [3.63, 3.8) is 0 Å². The van der Waals surface area contributed by atoms with Gasteiger partial charge in [0.25, 0.3) is 0 Å². The van der Waals surface area contributed by atoms with Crippen LogP contribution in [0.5, 0.6) is 0 Å². The lowest BCUT2D eigenvalue weighted by atomic mass is 9.93. The molecule has 3 N–H and O–H groups in total. The van der Waals surface area contributed by atoms with Crippen LogP contribution in [0.2, 0.25) is 0 Å². The van der Waals surface area contributed by atoms with E-state index in [0.717, 1.165) is 5.56 Å². The minimum atomic E-state index is -0.135. The Kier molecular flexibility index (Phi) is 5.20. The van der Waals surface area contributed by atoms with E-state index >= 15 is 0 Å². The second-order valence-electron chi connectivity index (χ2n) is 6.74. The van der Waals surface area contributed by atoms with Crippen LogP contribution in [0.3, 0.4) is 0 Å². The van der Waals surface area contributed by atoms with Crippen molar-refractivity contribution in [3.05, 3.63) is 101 Å². The highest BCUT2D eigenvalue weighted by molar-refractivity contribution is 5.59. The Labute approximate surface area is 150 Å². The summed E-state index contributed by atoms with van der Waals surface area (Å²) in [5.41, 5.74) is 14.0. The molecule has 0 bridgehead atoms. The van der Waals surface area contributed by atoms with Crippen molar-refractivity contribution in [2.45, 2.75) is 32.9 Å². The lowest BCUT2D eigenvalue weighted by Crippen LogP contribution is -2.26. The molecular weight excluding hydrogens is 304 g/mol. The smallest absolute Gasteiger partial charge is 0.0706 e. The summed E-state index contributed by atoms with van der Waals surface area (Å²) in [6, 6.07) is 25.0. The molecule has 3 rings (SSSR count). The van der Waals surface area contributed by atoms with Gasteiger partial charge in [0, 0.05) is 5.69 Å². The minimum absolute atomic E-state index is 0.00343. The Balaban J connectivity index is 2.01. The molecule has 0 aliphatic carbocycles. The zero-order valence-corrected chi connectivity index (χ0v) is 15.2. The zero-order valence-electron chi connectivity index (χ0n) is 15.2. The molecule has 2 heteroatoms. The molecule has 128 valence electrons. The van der Waals surface area contributed by atoms with Gasteiger partial charge in [0.1, 0.15) is 0 Å². The summed E-state index contributed by atoms with van der Waals surface area (Å²) in [6.07, 6.45) is 0. The molecular formula is C23H26N2. The fraction of sp³-hybridized carbons (Fsp3) is 0.217. The van der Waals surface area contributed by atoms with Crippen LogP contribution in [0.4, 0.5) is 5.69 Å². The van der Waals surface area contributed by atoms with Gasteiger partial charge in [-0.1, -0.05) is 78.4 Å². The van der Waals surface area contributed by atoms with E-state index in [-0.39, 0.29) is 12.1 Å². The Morgan fingerprint density at radius 1 is 0.720 bits per heavy atom. The zero-order chi connectivity index (χ0) is 17.8. The van der Waals surface area contributed by atoms with Crippen LogP contribution >= 0.6 is 0 Å². The van der Waals surface area contributed by atoms with Gasteiger partial charge in [0.15, 0.2) is 0 Å². The summed E-state index contributed by atoms with van der Waals surface area (Å²) in [5.74, 6) is 0. The van der Waals surface area contributed by atoms with Crippen LogP contribution in [0, 0.1) is 20.8 Å². The van der Waals surface area contributed by atoms with Crippen molar-refractivity contribution in [3.8, 4) is 0 Å². The van der Waals surface area contributed by atoms with Crippen LogP contribution in [0.15, 0.2) is 72.8 Å². The van der Waals surface area contributed by atoms with Gasteiger partial charge in [-0.25, -0.2) is 0 Å². The topological polar surface area (TPSA) is 38.0 Å². The van der Waals surface area contributed by atoms with E-state index in [1.54, 1.807) is 0 Å². The molecule has 0 saturated heterocycles. The standard InChI is InChI=1S/C23H26N2/c1-16-14-17(2)22(18(3)15-16)25-23(20-12-8-5-9-13-20)21(24)19-10-6-4-7-11-19/h4-15,21,23,25H,24H2,1-3H3/t21-,23-/m0/s1. The lowest BCUT2D eigenvalue weighted by molar-refractivity contribution is 0.609. The Hall–Kier alpha value is -2.58. The van der Waals surface area contributed by atoms with Crippen molar-refractivity contribution in [2.75, 3.05) is 5.32 Å². The third-order valence-electron chi connectivity index (χ3n) is 4.68. The highest BCUT2D eigenvalue weighted by atomic mass is 15.0. The van der Waals surface area contributed by atoms with E-state index in [1.165, 1.54) is 27.9 Å². The summed E-state index contributed by atoms with van der Waals surface area (Å²) in [6.45, 7) is 6.44. The largest absolute Gasteiger partial charge is 0.376 e. The SMILES string of the molecule is Cc1cc(C)c(N[C@@H](c2ccccc2)[C@@H](N)c2ccccc2)c(C)c1. The van der Waals surface area contributed by atoms with Crippen molar-refractivity contribution >= 4 is 5.69 Å². The molecule has 0 saturated carbocycles. The molecule has 3 aromatic carbocycles. The number of anilines is 1. The van der Waals surface area contributed by atoms with Crippen molar-refractivity contribution in [2.24, 2.45) is 5.73 Å². The summed E-state index contributed by atoms with van der Waals surface area (Å²) >= 11 is 0. The second kappa shape index (κ2) is 7.54. The number of hydrogen-bond acceptors (Lipinski definition) is 2. The highest BCUT2D eigenvalue weighted by Crippen LogP contribution is 2.33. The van der Waals surface area contributed by atoms with Crippen LogP contribution in [0.25, 0.3) is 0 Å². The monoisotopic (exact) mass is 330 g/mol. The number of benzene rings is 3. The van der Waals surface area contributed by atoms with E-state index in [0.29, 0.717) is 0 Å². The molecule has 0 amide bonds.